The maximum absolute atomic E-state index is 12.9. The Morgan fingerprint density at radius 3 is 2.72 bits per heavy atom. The maximum Gasteiger partial charge on any atom is 0.256 e. The zero-order valence-electron chi connectivity index (χ0n) is 14.7. The summed E-state index contributed by atoms with van der Waals surface area (Å²) >= 11 is 0. The second-order valence-electron chi connectivity index (χ2n) is 6.46. The number of nitrogens with one attached hydrogen (secondary N) is 1. The summed E-state index contributed by atoms with van der Waals surface area (Å²) in [5.74, 6) is 0.805. The number of nitrogens with zero attached hydrogens (tertiary/aromatic N) is 2. The number of aliphatic hydroxyl groups is 1. The summed E-state index contributed by atoms with van der Waals surface area (Å²) in [6, 6.07) is 7.72. The first-order chi connectivity index (χ1) is 12.1. The Morgan fingerprint density at radius 2 is 2.04 bits per heavy atom. The third-order valence-electron chi connectivity index (χ3n) is 4.54. The van der Waals surface area contributed by atoms with Crippen molar-refractivity contribution in [2.24, 2.45) is 0 Å². The molecule has 1 amide bonds. The van der Waals surface area contributed by atoms with Gasteiger partial charge in [-0.15, -0.1) is 0 Å². The second kappa shape index (κ2) is 7.72. The van der Waals surface area contributed by atoms with E-state index in [-0.39, 0.29) is 12.0 Å². The van der Waals surface area contributed by atoms with Crippen LogP contribution in [0.2, 0.25) is 0 Å². The van der Waals surface area contributed by atoms with Crippen LogP contribution in [0.4, 0.5) is 0 Å². The predicted molar refractivity (Wildman–Crippen MR) is 96.8 cm³/mol. The highest BCUT2D eigenvalue weighted by Gasteiger charge is 2.25. The number of rotatable bonds is 5. The first-order valence-electron chi connectivity index (χ1n) is 8.59. The average Bonchev–Trinajstić information content (AvgIpc) is 3.11. The number of methoxy groups -OCH3 is 1. The number of benzene rings is 1. The van der Waals surface area contributed by atoms with Crippen LogP contribution in [-0.4, -0.2) is 71.7 Å². The highest BCUT2D eigenvalue weighted by atomic mass is 16.5. The molecule has 3 rings (SSSR count). The van der Waals surface area contributed by atoms with Crippen molar-refractivity contribution in [3.8, 4) is 16.9 Å². The zero-order valence-corrected chi connectivity index (χ0v) is 14.7. The molecule has 1 aliphatic rings. The van der Waals surface area contributed by atoms with Gasteiger partial charge >= 0.3 is 0 Å². The summed E-state index contributed by atoms with van der Waals surface area (Å²) < 4.78 is 5.28. The quantitative estimate of drug-likeness (QED) is 0.869. The maximum atomic E-state index is 12.9. The van der Waals surface area contributed by atoms with Crippen LogP contribution in [0.15, 0.2) is 36.7 Å². The minimum atomic E-state index is -0.341. The Kier molecular flexibility index (Phi) is 5.40. The number of aromatic nitrogens is 1. The molecule has 0 radical (unpaired) electrons. The van der Waals surface area contributed by atoms with Crippen LogP contribution in [0.3, 0.4) is 0 Å². The Morgan fingerprint density at radius 1 is 1.28 bits per heavy atom. The fourth-order valence-electron chi connectivity index (χ4n) is 3.25. The van der Waals surface area contributed by atoms with Gasteiger partial charge in [0.25, 0.3) is 5.91 Å². The molecule has 1 atom stereocenters. The number of hydrogen-bond acceptors (Lipinski definition) is 4. The molecular formula is C19H25N3O3. The first kappa shape index (κ1) is 17.5. The van der Waals surface area contributed by atoms with Crippen molar-refractivity contribution >= 4 is 5.91 Å². The van der Waals surface area contributed by atoms with E-state index in [0.29, 0.717) is 25.2 Å². The number of amides is 1. The molecule has 134 valence electrons. The summed E-state index contributed by atoms with van der Waals surface area (Å²) in [6.07, 6.45) is 3.27. The molecule has 6 nitrogen and oxygen atoms in total. The Balaban J connectivity index is 1.73. The fraction of sp³-hybridized carbons (Fsp3) is 0.421. The first-order valence-corrected chi connectivity index (χ1v) is 8.59. The van der Waals surface area contributed by atoms with Gasteiger partial charge in [0, 0.05) is 50.7 Å². The van der Waals surface area contributed by atoms with Crippen molar-refractivity contribution in [1.82, 2.24) is 14.8 Å². The Labute approximate surface area is 148 Å². The summed E-state index contributed by atoms with van der Waals surface area (Å²) in [6.45, 7) is 5.37. The van der Waals surface area contributed by atoms with Gasteiger partial charge in [0.2, 0.25) is 0 Å². The van der Waals surface area contributed by atoms with Crippen molar-refractivity contribution in [1.29, 1.82) is 0 Å². The largest absolute Gasteiger partial charge is 0.497 e. The van der Waals surface area contributed by atoms with Gasteiger partial charge in [-0.05, 0) is 24.6 Å². The van der Waals surface area contributed by atoms with Gasteiger partial charge in [0.1, 0.15) is 5.75 Å². The van der Waals surface area contributed by atoms with Crippen molar-refractivity contribution < 1.29 is 14.6 Å². The lowest BCUT2D eigenvalue weighted by molar-refractivity contribution is 0.0555. The lowest BCUT2D eigenvalue weighted by Crippen LogP contribution is -2.50. The summed E-state index contributed by atoms with van der Waals surface area (Å²) in [4.78, 5) is 20.1. The molecule has 2 aromatic rings. The van der Waals surface area contributed by atoms with Gasteiger partial charge in [-0.3, -0.25) is 9.69 Å². The molecule has 1 aliphatic heterocycles. The third-order valence-corrected chi connectivity index (χ3v) is 4.54. The molecule has 25 heavy (non-hydrogen) atoms. The third kappa shape index (κ3) is 4.03. The van der Waals surface area contributed by atoms with E-state index < -0.39 is 0 Å². The van der Waals surface area contributed by atoms with Crippen LogP contribution in [0.1, 0.15) is 17.3 Å². The highest BCUT2D eigenvalue weighted by molar-refractivity contribution is 6.01. The summed E-state index contributed by atoms with van der Waals surface area (Å²) in [5, 5.41) is 9.50. The van der Waals surface area contributed by atoms with E-state index in [4.69, 9.17) is 4.74 Å². The van der Waals surface area contributed by atoms with E-state index in [1.165, 1.54) is 0 Å². The summed E-state index contributed by atoms with van der Waals surface area (Å²) in [5.41, 5.74) is 2.52. The van der Waals surface area contributed by atoms with Crippen LogP contribution < -0.4 is 4.74 Å². The molecule has 1 fully saturated rings. The number of H-pyrrole nitrogens is 1. The standard InChI is InChI=1S/C19H25N3O3/c1-14(23)13-21-6-8-22(9-7-21)19(24)18-12-20-11-17(18)15-4-3-5-16(10-15)25-2/h3-5,10-12,14,20,23H,6-9,13H2,1-2H3. The molecule has 6 heteroatoms. The van der Waals surface area contributed by atoms with Gasteiger partial charge < -0.3 is 19.7 Å². The molecule has 1 unspecified atom stereocenters. The average molecular weight is 343 g/mol. The summed E-state index contributed by atoms with van der Waals surface area (Å²) in [7, 11) is 1.63. The number of aromatic amines is 1. The number of aliphatic hydroxyl groups excluding tert-OH is 1. The van der Waals surface area contributed by atoms with Gasteiger partial charge in [0.15, 0.2) is 0 Å². The monoisotopic (exact) mass is 343 g/mol. The van der Waals surface area contributed by atoms with Crippen LogP contribution in [0.5, 0.6) is 5.75 Å². The van der Waals surface area contributed by atoms with E-state index in [2.05, 4.69) is 9.88 Å². The van der Waals surface area contributed by atoms with Gasteiger partial charge in [-0.1, -0.05) is 12.1 Å². The number of ether oxygens (including phenoxy) is 1. The van der Waals surface area contributed by atoms with E-state index >= 15 is 0 Å². The van der Waals surface area contributed by atoms with Crippen LogP contribution in [0, 0.1) is 0 Å². The van der Waals surface area contributed by atoms with Crippen molar-refractivity contribution in [3.05, 3.63) is 42.2 Å². The minimum Gasteiger partial charge on any atom is -0.497 e. The van der Waals surface area contributed by atoms with Crippen LogP contribution >= 0.6 is 0 Å². The minimum absolute atomic E-state index is 0.0377. The SMILES string of the molecule is COc1cccc(-c2c[nH]cc2C(=O)N2CCN(CC(C)O)CC2)c1. The van der Waals surface area contributed by atoms with Gasteiger partial charge in [-0.25, -0.2) is 0 Å². The number of piperazine rings is 1. The van der Waals surface area contributed by atoms with Crippen molar-refractivity contribution in [2.75, 3.05) is 39.8 Å². The van der Waals surface area contributed by atoms with Crippen LogP contribution in [-0.2, 0) is 0 Å². The van der Waals surface area contributed by atoms with Gasteiger partial charge in [-0.2, -0.15) is 0 Å². The highest BCUT2D eigenvalue weighted by Crippen LogP contribution is 2.28. The molecule has 0 saturated carbocycles. The lowest BCUT2D eigenvalue weighted by atomic mass is 10.0. The fourth-order valence-corrected chi connectivity index (χ4v) is 3.25. The number of carbonyl (C=O) groups is 1. The predicted octanol–water partition coefficient (Wildman–Crippen LogP) is 1.83. The number of β-amino-alcohol motifs (C(OH)–C–C–N with tert-alkyl or cyclic N) is 1. The van der Waals surface area contributed by atoms with Gasteiger partial charge in [0.05, 0.1) is 18.8 Å². The molecule has 2 heterocycles. The molecule has 1 aromatic carbocycles. The molecule has 0 aliphatic carbocycles. The van der Waals surface area contributed by atoms with Crippen LogP contribution in [0.25, 0.3) is 11.1 Å². The molecule has 0 bridgehead atoms. The molecule has 1 aromatic heterocycles. The molecule has 1 saturated heterocycles. The van der Waals surface area contributed by atoms with E-state index in [9.17, 15) is 9.90 Å². The van der Waals surface area contributed by atoms with E-state index in [1.54, 1.807) is 20.2 Å². The molecule has 2 N–H and O–H groups in total. The Bertz CT molecular complexity index is 718. The molecular weight excluding hydrogens is 318 g/mol. The van der Waals surface area contributed by atoms with Crippen molar-refractivity contribution in [3.63, 3.8) is 0 Å². The second-order valence-corrected chi connectivity index (χ2v) is 6.46. The Hall–Kier alpha value is -2.31. The lowest BCUT2D eigenvalue weighted by Gasteiger charge is -2.35. The van der Waals surface area contributed by atoms with E-state index in [0.717, 1.165) is 30.0 Å². The van der Waals surface area contributed by atoms with Crippen molar-refractivity contribution in [2.45, 2.75) is 13.0 Å². The molecule has 0 spiro atoms. The topological polar surface area (TPSA) is 68.8 Å². The normalized spacial score (nSPS) is 16.7. The van der Waals surface area contributed by atoms with E-state index in [1.807, 2.05) is 35.4 Å². The number of hydrogen-bond donors (Lipinski definition) is 2. The smallest absolute Gasteiger partial charge is 0.256 e. The zero-order chi connectivity index (χ0) is 17.8. The number of carbonyl (C=O) groups excluding carboxylic acids is 1.